The summed E-state index contributed by atoms with van der Waals surface area (Å²) in [6.07, 6.45) is 2.76. The van der Waals surface area contributed by atoms with Crippen molar-refractivity contribution in [3.8, 4) is 12.1 Å². The number of hydrogen-bond donors (Lipinski definition) is 4. The van der Waals surface area contributed by atoms with Crippen LogP contribution >= 0.6 is 15.8 Å². The fourth-order valence-corrected chi connectivity index (χ4v) is 11.3. The topological polar surface area (TPSA) is 360 Å². The second-order valence-corrected chi connectivity index (χ2v) is 20.2. The Morgan fingerprint density at radius 3 is 0.736 bits per heavy atom. The number of nitriles is 2. The van der Waals surface area contributed by atoms with Crippen LogP contribution < -0.4 is 80.6 Å². The van der Waals surface area contributed by atoms with Crippen LogP contribution in [0.2, 0.25) is 0 Å². The molecule has 0 atom stereocenters. The third-order valence-electron chi connectivity index (χ3n) is 9.00. The number of aliphatic hydroxyl groups excluding tert-OH is 2. The van der Waals surface area contributed by atoms with Crippen LogP contribution in [-0.4, -0.2) is 43.0 Å². The number of hydrogen-bond acceptors (Lipinski definition) is 16. The molecule has 0 bridgehead atoms. The fourth-order valence-electron chi connectivity index (χ4n) is 6.14. The summed E-state index contributed by atoms with van der Waals surface area (Å²) in [6, 6.07) is 68.8. The number of anilines is 2. The molecule has 0 saturated heterocycles. The summed E-state index contributed by atoms with van der Waals surface area (Å²) >= 11 is 0. The van der Waals surface area contributed by atoms with Crippen molar-refractivity contribution in [2.45, 2.75) is 13.1 Å². The third kappa shape index (κ3) is 25.0. The van der Waals surface area contributed by atoms with Crippen LogP contribution in [0.4, 0.5) is 11.6 Å². The van der Waals surface area contributed by atoms with E-state index in [4.69, 9.17) is 69.5 Å². The Bertz CT molecular complexity index is 2370. The number of nitrogens with two attached hydrogens (primary N) is 2. The SMILES string of the molecule is N#Cc1cnn(CCO)c1N.N#Cc1cnn(CCO)c1N.[Au+].[Au+].[O-][Cl+3]([O-])([O-])[O-].[O-][Cl+3]([O-])([O-])[O-].c1ccc([PH+](c2ccccc2)c2ccccc2)cc1.c1ccc([PH+](c2ccccc2)c2ccccc2)cc1. The van der Waals surface area contributed by atoms with Crippen molar-refractivity contribution in [2.75, 3.05) is 24.7 Å². The van der Waals surface area contributed by atoms with E-state index in [1.807, 2.05) is 12.1 Å². The molecule has 0 spiro atoms. The molecule has 0 amide bonds. The fraction of sp³-hybridized carbons (Fsp3) is 0.0833. The minimum absolute atomic E-state index is 0. The summed E-state index contributed by atoms with van der Waals surface area (Å²) in [7, 11) is -11.6. The number of aliphatic hydroxyl groups is 2. The molecular formula is C48H48Au2Cl2N8O10P2+2. The molecular weight excluding hydrogens is 1380 g/mol. The average Bonchev–Trinajstić information content (AvgIpc) is 3.90. The maximum absolute atomic E-state index is 8.53. The van der Waals surface area contributed by atoms with Crippen LogP contribution in [0.5, 0.6) is 0 Å². The van der Waals surface area contributed by atoms with Crippen LogP contribution in [-0.2, 0) is 57.9 Å². The first-order valence-electron chi connectivity index (χ1n) is 20.4. The van der Waals surface area contributed by atoms with E-state index >= 15 is 0 Å². The van der Waals surface area contributed by atoms with Crippen molar-refractivity contribution < 1.29 is 113 Å². The first kappa shape index (κ1) is 64.9. The van der Waals surface area contributed by atoms with Gasteiger partial charge in [0, 0.05) is 0 Å². The Hall–Kier alpha value is -5.16. The Morgan fingerprint density at radius 2 is 0.597 bits per heavy atom. The van der Waals surface area contributed by atoms with E-state index in [1.54, 1.807) is 0 Å². The van der Waals surface area contributed by atoms with Crippen molar-refractivity contribution in [2.24, 2.45) is 0 Å². The summed E-state index contributed by atoms with van der Waals surface area (Å²) in [5, 5.41) is 50.1. The van der Waals surface area contributed by atoms with E-state index in [1.165, 1.54) is 53.6 Å². The Morgan fingerprint density at radius 1 is 0.417 bits per heavy atom. The predicted molar refractivity (Wildman–Crippen MR) is 250 cm³/mol. The van der Waals surface area contributed by atoms with Gasteiger partial charge in [0.25, 0.3) is 0 Å². The van der Waals surface area contributed by atoms with E-state index in [0.29, 0.717) is 35.9 Å². The van der Waals surface area contributed by atoms with Crippen molar-refractivity contribution in [1.29, 1.82) is 10.5 Å². The number of halogens is 2. The summed E-state index contributed by atoms with van der Waals surface area (Å²) in [5.41, 5.74) is 11.6. The molecule has 72 heavy (non-hydrogen) atoms. The van der Waals surface area contributed by atoms with Gasteiger partial charge >= 0.3 is 44.8 Å². The number of benzene rings is 6. The van der Waals surface area contributed by atoms with Crippen LogP contribution in [0.25, 0.3) is 0 Å². The monoisotopic (exact) mass is 1420 g/mol. The van der Waals surface area contributed by atoms with Gasteiger partial charge in [-0.2, -0.15) is 20.7 Å². The Labute approximate surface area is 454 Å². The maximum atomic E-state index is 8.53. The molecule has 384 valence electrons. The van der Waals surface area contributed by atoms with E-state index in [9.17, 15) is 0 Å². The molecule has 0 aliphatic carbocycles. The molecule has 8 rings (SSSR count). The zero-order valence-corrected chi connectivity index (χ0v) is 45.5. The van der Waals surface area contributed by atoms with Gasteiger partial charge in [-0.1, -0.05) is 109 Å². The van der Waals surface area contributed by atoms with Crippen LogP contribution in [0.3, 0.4) is 0 Å². The largest absolute Gasteiger partial charge is 1.00 e. The second kappa shape index (κ2) is 35.1. The smallest absolute Gasteiger partial charge is 0.394 e. The van der Waals surface area contributed by atoms with E-state index in [2.05, 4.69) is 192 Å². The zero-order valence-electron chi connectivity index (χ0n) is 37.7. The van der Waals surface area contributed by atoms with Gasteiger partial charge in [0.15, 0.2) is 0 Å². The number of rotatable bonds is 10. The Kier molecular flexibility index (Phi) is 31.6. The molecule has 0 aliphatic rings. The van der Waals surface area contributed by atoms with Gasteiger partial charge in [0.05, 0.1) is 54.5 Å². The van der Waals surface area contributed by atoms with Gasteiger partial charge in [-0.15, -0.1) is 20.5 Å². The predicted octanol–water partition coefficient (Wildman–Crippen LogP) is -4.50. The first-order valence-corrected chi connectivity index (χ1v) is 25.9. The first-order chi connectivity index (χ1) is 33.5. The van der Waals surface area contributed by atoms with Crippen molar-refractivity contribution in [3.63, 3.8) is 0 Å². The van der Waals surface area contributed by atoms with Crippen molar-refractivity contribution in [1.82, 2.24) is 19.6 Å². The standard InChI is InChI=1S/2C18H15P.2C6H8N4O.2Au.2ClHO4/c2*1-4-10-16(11-5-1)19(17-12-6-2-7-13-17)18-14-8-3-9-15-18;2*7-3-5-4-9-10(1-2-11)6(5)8;;;2*2-1(3,4)5/h2*1-15H;2*4,11H,1-2,8H2;;;2*(H,2,3,4,5)/q;;;;2*+1;;. The molecule has 0 saturated carbocycles. The third-order valence-corrected chi connectivity index (χ3v) is 14.5. The summed E-state index contributed by atoms with van der Waals surface area (Å²) in [5.74, 6) is 0.614. The van der Waals surface area contributed by atoms with Gasteiger partial charge in [0.1, 0.15) is 66.7 Å². The molecule has 0 unspecified atom stereocenters. The van der Waals surface area contributed by atoms with E-state index in [-0.39, 0.29) is 58.0 Å². The second-order valence-electron chi connectivity index (χ2n) is 13.7. The van der Waals surface area contributed by atoms with E-state index in [0.717, 1.165) is 0 Å². The number of nitrogens with zero attached hydrogens (tertiary/aromatic N) is 6. The molecule has 24 heteroatoms. The zero-order chi connectivity index (χ0) is 51.4. The minimum atomic E-state index is -4.94. The molecule has 8 aromatic rings. The van der Waals surface area contributed by atoms with Gasteiger partial charge in [-0.25, -0.2) is 46.6 Å². The van der Waals surface area contributed by atoms with Crippen molar-refractivity contribution >= 4 is 59.3 Å². The Balaban J connectivity index is 0.000000458. The average molecular weight is 1420 g/mol. The normalized spacial score (nSPS) is 10.1. The summed E-state index contributed by atoms with van der Waals surface area (Å²) in [4.78, 5) is 0. The molecule has 0 radical (unpaired) electrons. The molecule has 6 aromatic carbocycles. The number of nitrogen functional groups attached to an aromatic ring is 2. The van der Waals surface area contributed by atoms with Crippen LogP contribution in [0.1, 0.15) is 11.1 Å². The number of aromatic nitrogens is 4. The summed E-state index contributed by atoms with van der Waals surface area (Å²) in [6.45, 7) is 0.592. The van der Waals surface area contributed by atoms with Crippen LogP contribution in [0.15, 0.2) is 194 Å². The molecule has 0 aliphatic heterocycles. The van der Waals surface area contributed by atoms with Gasteiger partial charge in [0.2, 0.25) is 0 Å². The molecule has 6 N–H and O–H groups in total. The maximum Gasteiger partial charge on any atom is 1.00 e. The molecule has 0 fully saturated rings. The van der Waals surface area contributed by atoms with Gasteiger partial charge in [-0.05, 0) is 72.8 Å². The quantitative estimate of drug-likeness (QED) is 0.0741. The molecule has 2 aromatic heterocycles. The van der Waals surface area contributed by atoms with E-state index < -0.39 is 36.3 Å². The molecule has 18 nitrogen and oxygen atoms in total. The van der Waals surface area contributed by atoms with Gasteiger partial charge in [-0.3, -0.25) is 0 Å². The van der Waals surface area contributed by atoms with Crippen LogP contribution in [0, 0.1) is 43.1 Å². The van der Waals surface area contributed by atoms with Gasteiger partial charge < -0.3 is 21.7 Å². The molecule has 2 heterocycles. The minimum Gasteiger partial charge on any atom is -0.394 e. The summed E-state index contributed by atoms with van der Waals surface area (Å²) < 4.78 is 70.7. The van der Waals surface area contributed by atoms with Crippen molar-refractivity contribution in [3.05, 3.63) is 206 Å².